The number of ether oxygens (including phenoxy) is 2. The molecular formula is C10H8ClNO4S. The molecule has 0 radical (unpaired) electrons. The second-order valence-electron chi connectivity index (χ2n) is 3.61. The zero-order valence-electron chi connectivity index (χ0n) is 8.57. The van der Waals surface area contributed by atoms with E-state index >= 15 is 0 Å². The lowest BCUT2D eigenvalue weighted by Crippen LogP contribution is -2.17. The Morgan fingerprint density at radius 2 is 2.06 bits per heavy atom. The maximum absolute atomic E-state index is 11.6. The maximum atomic E-state index is 11.6. The summed E-state index contributed by atoms with van der Waals surface area (Å²) in [7, 11) is 1.54. The number of fused-ring (bicyclic) bond motifs is 2. The highest BCUT2D eigenvalue weighted by atomic mass is 35.7. The number of halogens is 1. The Labute approximate surface area is 102 Å². The van der Waals surface area contributed by atoms with Crippen molar-refractivity contribution in [2.75, 3.05) is 13.2 Å². The molecule has 0 spiro atoms. The van der Waals surface area contributed by atoms with Crippen LogP contribution in [0.4, 0.5) is 0 Å². The third-order valence-electron chi connectivity index (χ3n) is 2.55. The summed E-state index contributed by atoms with van der Waals surface area (Å²) < 4.78 is 34.0. The van der Waals surface area contributed by atoms with Crippen LogP contribution in [0.3, 0.4) is 0 Å². The van der Waals surface area contributed by atoms with E-state index < -0.39 is 9.05 Å². The van der Waals surface area contributed by atoms with E-state index in [1.807, 2.05) is 0 Å². The molecule has 0 amide bonds. The summed E-state index contributed by atoms with van der Waals surface area (Å²) >= 11 is 0. The molecule has 1 aromatic heterocycles. The molecule has 90 valence electrons. The van der Waals surface area contributed by atoms with E-state index in [0.29, 0.717) is 29.9 Å². The van der Waals surface area contributed by atoms with E-state index in [9.17, 15) is 8.42 Å². The van der Waals surface area contributed by atoms with Gasteiger partial charge in [-0.3, -0.25) is 0 Å². The summed E-state index contributed by atoms with van der Waals surface area (Å²) in [6.07, 6.45) is 1.64. The average molecular weight is 274 g/mol. The topological polar surface area (TPSA) is 68.4 Å². The van der Waals surface area contributed by atoms with Gasteiger partial charge in [0, 0.05) is 22.3 Å². The van der Waals surface area contributed by atoms with Crippen LogP contribution in [0.2, 0.25) is 0 Å². The van der Waals surface area contributed by atoms with Crippen molar-refractivity contribution in [3.63, 3.8) is 0 Å². The van der Waals surface area contributed by atoms with Crippen LogP contribution in [0, 0.1) is 0 Å². The van der Waals surface area contributed by atoms with Gasteiger partial charge in [-0.05, 0) is 12.1 Å². The monoisotopic (exact) mass is 273 g/mol. The number of H-pyrrole nitrogens is 1. The SMILES string of the molecule is O=S(=O)(Cl)c1c2c(cc3cc[nH]c13)OCCO2. The molecule has 0 fully saturated rings. The molecule has 3 rings (SSSR count). The Hall–Kier alpha value is -1.40. The minimum atomic E-state index is -3.90. The zero-order valence-corrected chi connectivity index (χ0v) is 10.1. The molecule has 0 saturated heterocycles. The molecule has 1 aromatic carbocycles. The predicted octanol–water partition coefficient (Wildman–Crippen LogP) is 1.87. The maximum Gasteiger partial charge on any atom is 0.267 e. The lowest BCUT2D eigenvalue weighted by Gasteiger charge is -2.20. The number of nitrogens with one attached hydrogen (secondary N) is 1. The summed E-state index contributed by atoms with van der Waals surface area (Å²) in [6.45, 7) is 0.698. The minimum Gasteiger partial charge on any atom is -0.486 e. The largest absolute Gasteiger partial charge is 0.486 e. The van der Waals surface area contributed by atoms with Gasteiger partial charge in [-0.1, -0.05) is 0 Å². The fourth-order valence-electron chi connectivity index (χ4n) is 1.90. The minimum absolute atomic E-state index is 0.0589. The van der Waals surface area contributed by atoms with Crippen LogP contribution >= 0.6 is 10.7 Å². The van der Waals surface area contributed by atoms with Gasteiger partial charge in [0.15, 0.2) is 16.4 Å². The summed E-state index contributed by atoms with van der Waals surface area (Å²) in [5, 5.41) is 0.716. The van der Waals surface area contributed by atoms with Crippen LogP contribution in [0.25, 0.3) is 10.9 Å². The van der Waals surface area contributed by atoms with E-state index in [0.717, 1.165) is 0 Å². The second kappa shape index (κ2) is 3.54. The lowest BCUT2D eigenvalue weighted by atomic mass is 10.2. The Bertz CT molecular complexity index is 692. The molecule has 2 heterocycles. The van der Waals surface area contributed by atoms with Crippen LogP contribution in [0.15, 0.2) is 23.2 Å². The van der Waals surface area contributed by atoms with Gasteiger partial charge in [0.1, 0.15) is 13.2 Å². The first-order chi connectivity index (χ1) is 8.07. The fourth-order valence-corrected chi connectivity index (χ4v) is 3.15. The molecule has 1 N–H and O–H groups in total. The molecule has 1 aliphatic rings. The van der Waals surface area contributed by atoms with Gasteiger partial charge in [-0.2, -0.15) is 0 Å². The predicted molar refractivity (Wildman–Crippen MR) is 62.3 cm³/mol. The first-order valence-corrected chi connectivity index (χ1v) is 7.22. The smallest absolute Gasteiger partial charge is 0.267 e. The van der Waals surface area contributed by atoms with Crippen LogP contribution in [0.1, 0.15) is 0 Å². The van der Waals surface area contributed by atoms with Crippen LogP contribution < -0.4 is 9.47 Å². The van der Waals surface area contributed by atoms with Gasteiger partial charge in [-0.15, -0.1) is 0 Å². The Morgan fingerprint density at radius 1 is 1.29 bits per heavy atom. The molecule has 0 bridgehead atoms. The zero-order chi connectivity index (χ0) is 12.0. The molecule has 17 heavy (non-hydrogen) atoms. The van der Waals surface area contributed by atoms with Gasteiger partial charge in [0.25, 0.3) is 9.05 Å². The number of aromatic nitrogens is 1. The Morgan fingerprint density at radius 3 is 2.82 bits per heavy atom. The third kappa shape index (κ3) is 1.64. The number of hydrogen-bond acceptors (Lipinski definition) is 4. The van der Waals surface area contributed by atoms with Crippen molar-refractivity contribution in [3.8, 4) is 11.5 Å². The summed E-state index contributed by atoms with van der Waals surface area (Å²) in [4.78, 5) is 2.79. The number of rotatable bonds is 1. The second-order valence-corrected chi connectivity index (χ2v) is 6.11. The van der Waals surface area contributed by atoms with E-state index in [1.165, 1.54) is 0 Å². The lowest BCUT2D eigenvalue weighted by molar-refractivity contribution is 0.167. The fraction of sp³-hybridized carbons (Fsp3) is 0.200. The first-order valence-electron chi connectivity index (χ1n) is 4.92. The molecule has 5 nitrogen and oxygen atoms in total. The Balaban J connectivity index is 2.46. The van der Waals surface area contributed by atoms with Gasteiger partial charge >= 0.3 is 0 Å². The van der Waals surface area contributed by atoms with Crippen LogP contribution in [-0.2, 0) is 9.05 Å². The van der Waals surface area contributed by atoms with Gasteiger partial charge in [-0.25, -0.2) is 8.42 Å². The van der Waals surface area contributed by atoms with Crippen molar-refractivity contribution in [2.45, 2.75) is 4.90 Å². The highest BCUT2D eigenvalue weighted by molar-refractivity contribution is 8.14. The summed E-state index contributed by atoms with van der Waals surface area (Å²) in [5.74, 6) is 0.587. The third-order valence-corrected chi connectivity index (χ3v) is 3.89. The molecule has 0 atom stereocenters. The quantitative estimate of drug-likeness (QED) is 0.806. The van der Waals surface area contributed by atoms with Gasteiger partial charge in [0.2, 0.25) is 0 Å². The van der Waals surface area contributed by atoms with Gasteiger partial charge < -0.3 is 14.5 Å². The van der Waals surface area contributed by atoms with Crippen molar-refractivity contribution in [3.05, 3.63) is 18.3 Å². The van der Waals surface area contributed by atoms with Crippen molar-refractivity contribution < 1.29 is 17.9 Å². The standard InChI is InChI=1S/C10H8ClNO4S/c11-17(13,14)10-8-6(1-2-12-8)5-7-9(10)16-4-3-15-7/h1-2,5,12H,3-4H2. The van der Waals surface area contributed by atoms with E-state index in [4.69, 9.17) is 20.2 Å². The molecule has 0 saturated carbocycles. The number of benzene rings is 1. The summed E-state index contributed by atoms with van der Waals surface area (Å²) in [5.41, 5.74) is 0.434. The van der Waals surface area contributed by atoms with E-state index in [-0.39, 0.29) is 10.6 Å². The van der Waals surface area contributed by atoms with Crippen molar-refractivity contribution in [1.29, 1.82) is 0 Å². The van der Waals surface area contributed by atoms with Crippen molar-refractivity contribution >= 4 is 30.6 Å². The molecule has 7 heteroatoms. The van der Waals surface area contributed by atoms with Crippen LogP contribution in [-0.4, -0.2) is 26.6 Å². The normalized spacial score (nSPS) is 15.1. The number of aromatic amines is 1. The highest BCUT2D eigenvalue weighted by Gasteiger charge is 2.27. The first kappa shape index (κ1) is 10.7. The molecular weight excluding hydrogens is 266 g/mol. The molecule has 0 aliphatic carbocycles. The van der Waals surface area contributed by atoms with Crippen LogP contribution in [0.5, 0.6) is 11.5 Å². The number of hydrogen-bond donors (Lipinski definition) is 1. The van der Waals surface area contributed by atoms with Gasteiger partial charge in [0.05, 0.1) is 5.52 Å². The van der Waals surface area contributed by atoms with E-state index in [2.05, 4.69) is 4.98 Å². The molecule has 1 aliphatic heterocycles. The van der Waals surface area contributed by atoms with E-state index in [1.54, 1.807) is 18.3 Å². The molecule has 0 unspecified atom stereocenters. The Kier molecular flexibility index (Phi) is 2.24. The summed E-state index contributed by atoms with van der Waals surface area (Å²) in [6, 6.07) is 3.48. The van der Waals surface area contributed by atoms with Crippen molar-refractivity contribution in [1.82, 2.24) is 4.98 Å². The highest BCUT2D eigenvalue weighted by Crippen LogP contribution is 2.42. The van der Waals surface area contributed by atoms with Crippen molar-refractivity contribution in [2.24, 2.45) is 0 Å². The average Bonchev–Trinajstić information content (AvgIpc) is 2.71. The molecule has 2 aromatic rings.